The summed E-state index contributed by atoms with van der Waals surface area (Å²) < 4.78 is 35.9. The quantitative estimate of drug-likeness (QED) is 0.568. The van der Waals surface area contributed by atoms with E-state index >= 15 is 0 Å². The van der Waals surface area contributed by atoms with E-state index in [1.807, 2.05) is 0 Å². The van der Waals surface area contributed by atoms with Crippen molar-refractivity contribution in [3.05, 3.63) is 10.2 Å². The third kappa shape index (κ3) is 1.55. The van der Waals surface area contributed by atoms with Gasteiger partial charge in [-0.15, -0.1) is 5.43 Å². The van der Waals surface area contributed by atoms with Crippen LogP contribution >= 0.6 is 15.9 Å². The molecule has 0 fully saturated rings. The van der Waals surface area contributed by atoms with Crippen LogP contribution in [0.25, 0.3) is 0 Å². The van der Waals surface area contributed by atoms with E-state index in [0.29, 0.717) is 0 Å². The number of hydrogen-bond donors (Lipinski definition) is 0. The highest BCUT2D eigenvalue weighted by atomic mass is 79.9. The van der Waals surface area contributed by atoms with Gasteiger partial charge in [0.05, 0.1) is 5.71 Å². The zero-order valence-electron chi connectivity index (χ0n) is 5.41. The Labute approximate surface area is 69.3 Å². The molecule has 0 amide bonds. The third-order valence-corrected chi connectivity index (χ3v) is 1.69. The highest BCUT2D eigenvalue weighted by molar-refractivity contribution is 9.11. The summed E-state index contributed by atoms with van der Waals surface area (Å²) in [5, 5.41) is 3.27. The van der Waals surface area contributed by atoms with E-state index in [2.05, 4.69) is 26.5 Å². The molecule has 1 aliphatic rings. The van der Waals surface area contributed by atoms with Crippen LogP contribution in [0.5, 0.6) is 0 Å². The molecule has 6 heteroatoms. The lowest BCUT2D eigenvalue weighted by atomic mass is 10.2. The Hall–Kier alpha value is -0.520. The van der Waals surface area contributed by atoms with E-state index < -0.39 is 11.7 Å². The Morgan fingerprint density at radius 2 is 1.91 bits per heavy atom. The molecule has 61 valence electrons. The molecule has 0 unspecified atom stereocenters. The van der Waals surface area contributed by atoms with Crippen molar-refractivity contribution in [3.8, 4) is 0 Å². The first-order valence-corrected chi connectivity index (χ1v) is 3.45. The summed E-state index contributed by atoms with van der Waals surface area (Å²) in [5.41, 5.74) is 2.33. The second kappa shape index (κ2) is 2.51. The number of allylic oxidation sites excluding steroid dienone is 1. The summed E-state index contributed by atoms with van der Waals surface area (Å²) in [6.45, 7) is 1.26. The third-order valence-electron chi connectivity index (χ3n) is 1.14. The van der Waals surface area contributed by atoms with Gasteiger partial charge in [-0.3, -0.25) is 0 Å². The van der Waals surface area contributed by atoms with Gasteiger partial charge in [0.15, 0.2) is 0 Å². The molecule has 1 rings (SSSR count). The smallest absolute Gasteiger partial charge is 0.166 e. The fourth-order valence-corrected chi connectivity index (χ4v) is 1.28. The largest absolute Gasteiger partial charge is 0.420 e. The van der Waals surface area contributed by atoms with Gasteiger partial charge < -0.3 is 0 Å². The van der Waals surface area contributed by atoms with E-state index in [4.69, 9.17) is 0 Å². The fraction of sp³-hybridized carbons (Fsp3) is 0.400. The molecule has 0 aromatic carbocycles. The minimum atomic E-state index is -4.37. The van der Waals surface area contributed by atoms with Gasteiger partial charge in [0.1, 0.15) is 10.2 Å². The minimum absolute atomic E-state index is 0.107. The van der Waals surface area contributed by atoms with Crippen molar-refractivity contribution >= 4 is 21.6 Å². The molecule has 0 aromatic rings. The molecule has 0 aromatic heterocycles. The first-order chi connectivity index (χ1) is 4.93. The van der Waals surface area contributed by atoms with E-state index in [1.165, 1.54) is 6.92 Å². The van der Waals surface area contributed by atoms with Gasteiger partial charge in [0.25, 0.3) is 0 Å². The fourth-order valence-electron chi connectivity index (χ4n) is 0.690. The highest BCUT2D eigenvalue weighted by Gasteiger charge is 2.40. The number of nitrogens with zero attached hydrogens (tertiary/aromatic N) is 2. The molecule has 2 nitrogen and oxygen atoms in total. The molecule has 0 aliphatic carbocycles. The molecule has 0 bridgehead atoms. The Morgan fingerprint density at radius 1 is 1.36 bits per heavy atom. The molecule has 0 saturated carbocycles. The lowest BCUT2D eigenvalue weighted by Gasteiger charge is -2.06. The van der Waals surface area contributed by atoms with E-state index in [-0.39, 0.29) is 10.3 Å². The van der Waals surface area contributed by atoms with Crippen molar-refractivity contribution in [2.75, 3.05) is 0 Å². The summed E-state index contributed by atoms with van der Waals surface area (Å²) >= 11 is 2.66. The number of rotatable bonds is 0. The van der Waals surface area contributed by atoms with Crippen molar-refractivity contribution in [2.24, 2.45) is 5.10 Å². The van der Waals surface area contributed by atoms with Gasteiger partial charge in [0, 0.05) is 0 Å². The predicted molar refractivity (Wildman–Crippen MR) is 37.3 cm³/mol. The molecule has 0 N–H and O–H groups in total. The van der Waals surface area contributed by atoms with Crippen LogP contribution in [0, 0.1) is 0 Å². The predicted octanol–water partition coefficient (Wildman–Crippen LogP) is 2.15. The van der Waals surface area contributed by atoms with Crippen molar-refractivity contribution in [2.45, 2.75) is 13.1 Å². The summed E-state index contributed by atoms with van der Waals surface area (Å²) in [6, 6.07) is 0. The van der Waals surface area contributed by atoms with Crippen molar-refractivity contribution in [1.29, 1.82) is 0 Å². The van der Waals surface area contributed by atoms with Crippen LogP contribution in [0.15, 0.2) is 15.3 Å². The van der Waals surface area contributed by atoms with Crippen LogP contribution in [-0.2, 0) is 0 Å². The zero-order chi connectivity index (χ0) is 8.65. The standard InChI is InChI=1S/C5H3BrF3N2/c1-2-3(5(7,8)9)4(6)11-10-2/h1H3. The van der Waals surface area contributed by atoms with E-state index in [0.717, 1.165) is 0 Å². The van der Waals surface area contributed by atoms with Gasteiger partial charge in [-0.2, -0.15) is 18.3 Å². The molecule has 1 radical (unpaired) electrons. The molecule has 0 spiro atoms. The topological polar surface area (TPSA) is 26.5 Å². The second-order valence-corrected chi connectivity index (χ2v) is 2.70. The Balaban J connectivity index is 3.03. The summed E-state index contributed by atoms with van der Waals surface area (Å²) in [7, 11) is 0. The van der Waals surface area contributed by atoms with Crippen LogP contribution in [0.4, 0.5) is 13.2 Å². The zero-order valence-corrected chi connectivity index (χ0v) is 6.99. The molecule has 0 saturated heterocycles. The summed E-state index contributed by atoms with van der Waals surface area (Å²) in [6.07, 6.45) is -4.37. The van der Waals surface area contributed by atoms with Gasteiger partial charge >= 0.3 is 6.18 Å². The van der Waals surface area contributed by atoms with Crippen molar-refractivity contribution in [1.82, 2.24) is 5.43 Å². The Kier molecular flexibility index (Phi) is 1.96. The van der Waals surface area contributed by atoms with E-state index in [9.17, 15) is 13.2 Å². The summed E-state index contributed by atoms with van der Waals surface area (Å²) in [5.74, 6) is 0. The average Bonchev–Trinajstić information content (AvgIpc) is 2.08. The number of halogens is 4. The normalized spacial score (nSPS) is 18.5. The molecular weight excluding hydrogens is 225 g/mol. The van der Waals surface area contributed by atoms with Crippen molar-refractivity contribution < 1.29 is 13.2 Å². The van der Waals surface area contributed by atoms with Crippen LogP contribution in [0.2, 0.25) is 0 Å². The maximum absolute atomic E-state index is 12.0. The number of hydrogen-bond acceptors (Lipinski definition) is 1. The highest BCUT2D eigenvalue weighted by Crippen LogP contribution is 2.33. The monoisotopic (exact) mass is 227 g/mol. The number of alkyl halides is 3. The SMILES string of the molecule is CC1=N[N]C(Br)=C1C(F)(F)F. The van der Waals surface area contributed by atoms with Crippen molar-refractivity contribution in [3.63, 3.8) is 0 Å². The van der Waals surface area contributed by atoms with Crippen LogP contribution in [-0.4, -0.2) is 11.9 Å². The van der Waals surface area contributed by atoms with Crippen LogP contribution in [0.1, 0.15) is 6.92 Å². The maximum Gasteiger partial charge on any atom is 0.420 e. The van der Waals surface area contributed by atoms with Gasteiger partial charge in [-0.25, -0.2) is 0 Å². The second-order valence-electron chi connectivity index (χ2n) is 1.95. The molecule has 1 aliphatic heterocycles. The lowest BCUT2D eigenvalue weighted by molar-refractivity contribution is -0.0861. The first kappa shape index (κ1) is 8.58. The Morgan fingerprint density at radius 3 is 2.09 bits per heavy atom. The molecule has 0 atom stereocenters. The lowest BCUT2D eigenvalue weighted by Crippen LogP contribution is -2.17. The van der Waals surface area contributed by atoms with Gasteiger partial charge in [-0.1, -0.05) is 0 Å². The minimum Gasteiger partial charge on any atom is -0.166 e. The molecule has 1 heterocycles. The van der Waals surface area contributed by atoms with Gasteiger partial charge in [0.2, 0.25) is 0 Å². The average molecular weight is 228 g/mol. The maximum atomic E-state index is 12.0. The van der Waals surface area contributed by atoms with Gasteiger partial charge in [-0.05, 0) is 22.9 Å². The Bertz CT molecular complexity index is 241. The van der Waals surface area contributed by atoms with Crippen LogP contribution in [0.3, 0.4) is 0 Å². The molecule has 11 heavy (non-hydrogen) atoms. The first-order valence-electron chi connectivity index (χ1n) is 2.65. The van der Waals surface area contributed by atoms with E-state index in [1.54, 1.807) is 0 Å². The summed E-state index contributed by atoms with van der Waals surface area (Å²) in [4.78, 5) is 0. The van der Waals surface area contributed by atoms with Crippen LogP contribution < -0.4 is 5.43 Å². The molecular formula is C5H3BrF3N2.